The highest BCUT2D eigenvalue weighted by molar-refractivity contribution is 7.91. The van der Waals surface area contributed by atoms with Gasteiger partial charge in [0, 0.05) is 18.8 Å². The van der Waals surface area contributed by atoms with E-state index in [0.29, 0.717) is 6.61 Å². The lowest BCUT2D eigenvalue weighted by molar-refractivity contribution is -0.136. The summed E-state index contributed by atoms with van der Waals surface area (Å²) in [5, 5.41) is 0. The summed E-state index contributed by atoms with van der Waals surface area (Å²) < 4.78 is 33.9. The van der Waals surface area contributed by atoms with Crippen LogP contribution in [0.5, 0.6) is 5.75 Å². The Hall–Kier alpha value is -1.60. The van der Waals surface area contributed by atoms with Crippen molar-refractivity contribution in [2.24, 2.45) is 0 Å². The average Bonchev–Trinajstić information content (AvgIpc) is 2.54. The fourth-order valence-electron chi connectivity index (χ4n) is 1.84. The van der Waals surface area contributed by atoms with Crippen LogP contribution in [0.25, 0.3) is 0 Å². The van der Waals surface area contributed by atoms with Gasteiger partial charge in [0.15, 0.2) is 9.84 Å². The monoisotopic (exact) mass is 343 g/mol. The molecule has 0 spiro atoms. The molecule has 23 heavy (non-hydrogen) atoms. The zero-order chi connectivity index (χ0) is 17.3. The molecule has 7 heteroatoms. The minimum atomic E-state index is -3.11. The van der Waals surface area contributed by atoms with E-state index in [1.807, 2.05) is 30.3 Å². The third-order valence-corrected chi connectivity index (χ3v) is 5.32. The molecule has 6 nitrogen and oxygen atoms in total. The van der Waals surface area contributed by atoms with Gasteiger partial charge in [0.05, 0.1) is 12.4 Å². The SMILES string of the molecule is CCS(=O)(=O)C[C@H](C)N(C)C(=O)COCCOc1ccccc1. The fourth-order valence-corrected chi connectivity index (χ4v) is 3.03. The largest absolute Gasteiger partial charge is 0.491 e. The summed E-state index contributed by atoms with van der Waals surface area (Å²) in [5.74, 6) is 0.539. The van der Waals surface area contributed by atoms with Crippen LogP contribution in [0.1, 0.15) is 13.8 Å². The normalized spacial score (nSPS) is 12.7. The molecular weight excluding hydrogens is 318 g/mol. The standard InChI is InChI=1S/C16H25NO5S/c1-4-23(19,20)13-14(2)17(3)16(18)12-21-10-11-22-15-8-6-5-7-9-15/h5-9,14H,4,10-13H2,1-3H3/t14-/m0/s1. The average molecular weight is 343 g/mol. The molecule has 1 atom stereocenters. The molecule has 1 aromatic carbocycles. The summed E-state index contributed by atoms with van der Waals surface area (Å²) in [6.07, 6.45) is 0. The molecule has 1 rings (SSSR count). The third kappa shape index (κ3) is 7.47. The molecule has 0 radical (unpaired) electrons. The molecule has 0 aliphatic heterocycles. The number of amides is 1. The second-order valence-electron chi connectivity index (χ2n) is 5.27. The number of hydrogen-bond donors (Lipinski definition) is 0. The van der Waals surface area contributed by atoms with Crippen molar-refractivity contribution >= 4 is 15.7 Å². The smallest absolute Gasteiger partial charge is 0.248 e. The zero-order valence-electron chi connectivity index (χ0n) is 13.9. The van der Waals surface area contributed by atoms with Crippen molar-refractivity contribution in [3.8, 4) is 5.75 Å². The second kappa shape index (κ2) is 9.52. The van der Waals surface area contributed by atoms with Crippen molar-refractivity contribution in [3.63, 3.8) is 0 Å². The molecule has 1 amide bonds. The van der Waals surface area contributed by atoms with E-state index in [4.69, 9.17) is 9.47 Å². The minimum Gasteiger partial charge on any atom is -0.491 e. The lowest BCUT2D eigenvalue weighted by atomic mass is 10.3. The van der Waals surface area contributed by atoms with E-state index >= 15 is 0 Å². The molecule has 0 heterocycles. The molecule has 1 aromatic rings. The number of hydrogen-bond acceptors (Lipinski definition) is 5. The van der Waals surface area contributed by atoms with Crippen molar-refractivity contribution in [1.29, 1.82) is 0 Å². The molecule has 0 N–H and O–H groups in total. The van der Waals surface area contributed by atoms with E-state index in [-0.39, 0.29) is 36.7 Å². The number of carbonyl (C=O) groups excluding carboxylic acids is 1. The number of sulfone groups is 1. The topological polar surface area (TPSA) is 72.9 Å². The molecule has 0 aliphatic rings. The summed E-state index contributed by atoms with van der Waals surface area (Å²) in [6.45, 7) is 3.85. The molecule has 0 unspecified atom stereocenters. The van der Waals surface area contributed by atoms with Crippen LogP contribution in [-0.2, 0) is 19.4 Å². The first-order chi connectivity index (χ1) is 10.9. The first-order valence-electron chi connectivity index (χ1n) is 7.57. The van der Waals surface area contributed by atoms with Crippen molar-refractivity contribution in [2.75, 3.05) is 38.4 Å². The summed E-state index contributed by atoms with van der Waals surface area (Å²) >= 11 is 0. The van der Waals surface area contributed by atoms with Gasteiger partial charge in [-0.1, -0.05) is 25.1 Å². The van der Waals surface area contributed by atoms with Crippen LogP contribution in [0.3, 0.4) is 0 Å². The van der Waals surface area contributed by atoms with E-state index in [0.717, 1.165) is 5.75 Å². The lowest BCUT2D eigenvalue weighted by Crippen LogP contribution is -2.41. The van der Waals surface area contributed by atoms with Crippen LogP contribution in [0, 0.1) is 0 Å². The summed E-state index contributed by atoms with van der Waals surface area (Å²) in [5.41, 5.74) is 0. The quantitative estimate of drug-likeness (QED) is 0.600. The van der Waals surface area contributed by atoms with E-state index in [9.17, 15) is 13.2 Å². The maximum Gasteiger partial charge on any atom is 0.248 e. The van der Waals surface area contributed by atoms with Crippen molar-refractivity contribution in [3.05, 3.63) is 30.3 Å². The lowest BCUT2D eigenvalue weighted by Gasteiger charge is -2.24. The predicted molar refractivity (Wildman–Crippen MR) is 89.3 cm³/mol. The molecule has 0 saturated carbocycles. The molecule has 0 fully saturated rings. The number of benzene rings is 1. The minimum absolute atomic E-state index is 0.0388. The highest BCUT2D eigenvalue weighted by Crippen LogP contribution is 2.07. The molecule has 0 saturated heterocycles. The van der Waals surface area contributed by atoms with E-state index < -0.39 is 9.84 Å². The Morgan fingerprint density at radius 2 is 1.87 bits per heavy atom. The molecule has 0 aliphatic carbocycles. The van der Waals surface area contributed by atoms with Crippen LogP contribution < -0.4 is 4.74 Å². The van der Waals surface area contributed by atoms with Crippen LogP contribution in [0.15, 0.2) is 30.3 Å². The van der Waals surface area contributed by atoms with Gasteiger partial charge in [-0.05, 0) is 19.1 Å². The predicted octanol–water partition coefficient (Wildman–Crippen LogP) is 1.36. The van der Waals surface area contributed by atoms with Gasteiger partial charge in [-0.2, -0.15) is 0 Å². The maximum atomic E-state index is 12.0. The van der Waals surface area contributed by atoms with E-state index in [1.165, 1.54) is 4.90 Å². The van der Waals surface area contributed by atoms with E-state index in [1.54, 1.807) is 20.9 Å². The number of likely N-dealkylation sites (N-methyl/N-ethyl adjacent to an activating group) is 1. The van der Waals surface area contributed by atoms with Gasteiger partial charge in [-0.3, -0.25) is 4.79 Å². The Bertz CT molecular complexity index is 573. The number of rotatable bonds is 10. The van der Waals surface area contributed by atoms with Crippen molar-refractivity contribution < 1.29 is 22.7 Å². The maximum absolute atomic E-state index is 12.0. The van der Waals surface area contributed by atoms with Gasteiger partial charge in [0.1, 0.15) is 19.0 Å². The van der Waals surface area contributed by atoms with Crippen molar-refractivity contribution in [2.45, 2.75) is 19.9 Å². The summed E-state index contributed by atoms with van der Waals surface area (Å²) in [6, 6.07) is 8.96. The Morgan fingerprint density at radius 3 is 2.48 bits per heavy atom. The van der Waals surface area contributed by atoms with Gasteiger partial charge in [0.2, 0.25) is 5.91 Å². The molecule has 130 valence electrons. The summed E-state index contributed by atoms with van der Waals surface area (Å²) in [7, 11) is -1.53. The third-order valence-electron chi connectivity index (χ3n) is 3.45. The van der Waals surface area contributed by atoms with Crippen molar-refractivity contribution in [1.82, 2.24) is 4.90 Å². The van der Waals surface area contributed by atoms with Gasteiger partial charge >= 0.3 is 0 Å². The second-order valence-corrected chi connectivity index (χ2v) is 7.66. The zero-order valence-corrected chi connectivity index (χ0v) is 14.7. The Labute approximate surface area is 138 Å². The molecule has 0 bridgehead atoms. The Morgan fingerprint density at radius 1 is 1.22 bits per heavy atom. The number of carbonyl (C=O) groups is 1. The Kier molecular flexibility index (Phi) is 8.05. The molecule has 0 aromatic heterocycles. The van der Waals surface area contributed by atoms with Crippen LogP contribution in [0.2, 0.25) is 0 Å². The summed E-state index contributed by atoms with van der Waals surface area (Å²) in [4.78, 5) is 13.4. The van der Waals surface area contributed by atoms with Crippen LogP contribution in [-0.4, -0.2) is 63.6 Å². The first-order valence-corrected chi connectivity index (χ1v) is 9.39. The van der Waals surface area contributed by atoms with Crippen LogP contribution in [0.4, 0.5) is 0 Å². The van der Waals surface area contributed by atoms with Gasteiger partial charge < -0.3 is 14.4 Å². The number of ether oxygens (including phenoxy) is 2. The fraction of sp³-hybridized carbons (Fsp3) is 0.562. The number of para-hydroxylation sites is 1. The first kappa shape index (κ1) is 19.4. The van der Waals surface area contributed by atoms with Crippen LogP contribution >= 0.6 is 0 Å². The van der Waals surface area contributed by atoms with Gasteiger partial charge in [-0.25, -0.2) is 8.42 Å². The highest BCUT2D eigenvalue weighted by atomic mass is 32.2. The molecular formula is C16H25NO5S. The highest BCUT2D eigenvalue weighted by Gasteiger charge is 2.21. The number of nitrogens with zero attached hydrogens (tertiary/aromatic N) is 1. The Balaban J connectivity index is 2.25. The van der Waals surface area contributed by atoms with Gasteiger partial charge in [0.25, 0.3) is 0 Å². The van der Waals surface area contributed by atoms with Gasteiger partial charge in [-0.15, -0.1) is 0 Å². The van der Waals surface area contributed by atoms with E-state index in [2.05, 4.69) is 0 Å².